The van der Waals surface area contributed by atoms with Crippen molar-refractivity contribution in [3.05, 3.63) is 59.7 Å². The van der Waals surface area contributed by atoms with Crippen LogP contribution in [0.3, 0.4) is 0 Å². The van der Waals surface area contributed by atoms with Crippen molar-refractivity contribution in [1.29, 1.82) is 0 Å². The molecule has 1 aliphatic carbocycles. The molecule has 2 aromatic rings. The first kappa shape index (κ1) is 23.8. The molecule has 1 aliphatic rings. The van der Waals surface area contributed by atoms with E-state index in [0.29, 0.717) is 35.1 Å². The van der Waals surface area contributed by atoms with Crippen molar-refractivity contribution in [3.8, 4) is 11.5 Å². The van der Waals surface area contributed by atoms with E-state index in [9.17, 15) is 9.59 Å². The first-order chi connectivity index (χ1) is 15.3. The van der Waals surface area contributed by atoms with Crippen LogP contribution in [0.1, 0.15) is 66.2 Å². The maximum absolute atomic E-state index is 13.3. The van der Waals surface area contributed by atoms with Crippen LogP contribution in [0.4, 0.5) is 0 Å². The highest BCUT2D eigenvalue weighted by Gasteiger charge is 2.29. The van der Waals surface area contributed by atoms with Crippen molar-refractivity contribution in [1.82, 2.24) is 4.90 Å². The number of hydrogen-bond acceptors (Lipinski definition) is 5. The maximum Gasteiger partial charge on any atom is 0.260 e. The first-order valence-electron chi connectivity index (χ1n) is 11.3. The fraction of sp³-hybridized carbons (Fsp3) is 0.462. The average molecular weight is 439 g/mol. The standard InChI is InChI=1S/C26H34N2O4/c1-26(27)16-4-6-19(18-26)7-5-17-28(24(29)20-8-12-22(31-2)13-9-20)25(30)21-10-14-23(32-3)15-11-21/h8-15,19H,4-7,16-18,27H2,1-3H3. The third-order valence-electron chi connectivity index (χ3n) is 6.27. The summed E-state index contributed by atoms with van der Waals surface area (Å²) in [6.07, 6.45) is 6.05. The minimum atomic E-state index is -0.305. The van der Waals surface area contributed by atoms with E-state index in [1.165, 1.54) is 4.90 Å². The number of hydrogen-bond donors (Lipinski definition) is 1. The predicted molar refractivity (Wildman–Crippen MR) is 125 cm³/mol. The van der Waals surface area contributed by atoms with Gasteiger partial charge in [-0.15, -0.1) is 0 Å². The summed E-state index contributed by atoms with van der Waals surface area (Å²) in [6, 6.07) is 13.7. The van der Waals surface area contributed by atoms with Crippen molar-refractivity contribution in [3.63, 3.8) is 0 Å². The van der Waals surface area contributed by atoms with Crippen LogP contribution < -0.4 is 15.2 Å². The van der Waals surface area contributed by atoms with Crippen molar-refractivity contribution in [2.45, 2.75) is 51.0 Å². The Morgan fingerprint density at radius 2 is 1.47 bits per heavy atom. The second kappa shape index (κ2) is 10.6. The maximum atomic E-state index is 13.3. The van der Waals surface area contributed by atoms with Crippen molar-refractivity contribution >= 4 is 11.8 Å². The quantitative estimate of drug-likeness (QED) is 0.606. The van der Waals surface area contributed by atoms with Gasteiger partial charge in [0, 0.05) is 23.2 Å². The number of amides is 2. The molecule has 2 unspecified atom stereocenters. The summed E-state index contributed by atoms with van der Waals surface area (Å²) in [5.41, 5.74) is 7.16. The van der Waals surface area contributed by atoms with E-state index in [0.717, 1.165) is 38.5 Å². The molecule has 0 spiro atoms. The van der Waals surface area contributed by atoms with Gasteiger partial charge in [-0.25, -0.2) is 0 Å². The zero-order valence-electron chi connectivity index (χ0n) is 19.3. The Kier molecular flexibility index (Phi) is 7.91. The van der Waals surface area contributed by atoms with E-state index in [1.807, 2.05) is 0 Å². The van der Waals surface area contributed by atoms with Gasteiger partial charge >= 0.3 is 0 Å². The topological polar surface area (TPSA) is 81.9 Å². The Bertz CT molecular complexity index is 847. The number of ether oxygens (including phenoxy) is 2. The molecule has 32 heavy (non-hydrogen) atoms. The zero-order valence-corrected chi connectivity index (χ0v) is 19.3. The highest BCUT2D eigenvalue weighted by Crippen LogP contribution is 2.33. The predicted octanol–water partition coefficient (Wildman–Crippen LogP) is 4.67. The Hall–Kier alpha value is -2.86. The monoisotopic (exact) mass is 438 g/mol. The molecule has 0 radical (unpaired) electrons. The molecule has 6 heteroatoms. The fourth-order valence-corrected chi connectivity index (χ4v) is 4.52. The Morgan fingerprint density at radius 3 is 1.91 bits per heavy atom. The molecule has 2 amide bonds. The lowest BCUT2D eigenvalue weighted by molar-refractivity contribution is 0.0609. The summed E-state index contributed by atoms with van der Waals surface area (Å²) in [7, 11) is 3.15. The molecule has 2 N–H and O–H groups in total. The Balaban J connectivity index is 1.74. The van der Waals surface area contributed by atoms with E-state index >= 15 is 0 Å². The molecule has 0 aliphatic heterocycles. The van der Waals surface area contributed by atoms with Crippen LogP contribution in [0, 0.1) is 5.92 Å². The van der Waals surface area contributed by atoms with Gasteiger partial charge in [-0.3, -0.25) is 14.5 Å². The summed E-state index contributed by atoms with van der Waals surface area (Å²) in [5, 5.41) is 0. The minimum absolute atomic E-state index is 0.111. The Labute approximate surface area is 190 Å². The molecule has 0 heterocycles. The summed E-state index contributed by atoms with van der Waals surface area (Å²) >= 11 is 0. The van der Waals surface area contributed by atoms with E-state index in [1.54, 1.807) is 62.8 Å². The fourth-order valence-electron chi connectivity index (χ4n) is 4.52. The van der Waals surface area contributed by atoms with Gasteiger partial charge in [-0.05, 0) is 87.1 Å². The number of methoxy groups -OCH3 is 2. The smallest absolute Gasteiger partial charge is 0.260 e. The molecule has 6 nitrogen and oxygen atoms in total. The molecular weight excluding hydrogens is 404 g/mol. The van der Waals surface area contributed by atoms with Gasteiger partial charge in [0.15, 0.2) is 0 Å². The summed E-state index contributed by atoms with van der Waals surface area (Å²) < 4.78 is 10.4. The van der Waals surface area contributed by atoms with Crippen LogP contribution in [-0.2, 0) is 0 Å². The molecule has 3 rings (SSSR count). The van der Waals surface area contributed by atoms with Crippen molar-refractivity contribution in [2.75, 3.05) is 20.8 Å². The van der Waals surface area contributed by atoms with Crippen LogP contribution in [-0.4, -0.2) is 43.0 Å². The largest absolute Gasteiger partial charge is 0.497 e. The molecule has 0 bridgehead atoms. The summed E-state index contributed by atoms with van der Waals surface area (Å²) in [5.74, 6) is 1.25. The molecule has 2 aromatic carbocycles. The minimum Gasteiger partial charge on any atom is -0.497 e. The number of nitrogens with two attached hydrogens (primary N) is 1. The highest BCUT2D eigenvalue weighted by molar-refractivity contribution is 6.10. The summed E-state index contributed by atoms with van der Waals surface area (Å²) in [4.78, 5) is 27.9. The van der Waals surface area contributed by atoms with E-state index in [2.05, 4.69) is 6.92 Å². The molecule has 0 saturated heterocycles. The normalized spacial score (nSPS) is 20.4. The van der Waals surface area contributed by atoms with E-state index < -0.39 is 0 Å². The van der Waals surface area contributed by atoms with Crippen LogP contribution in [0.15, 0.2) is 48.5 Å². The van der Waals surface area contributed by atoms with E-state index in [4.69, 9.17) is 15.2 Å². The van der Waals surface area contributed by atoms with Gasteiger partial charge < -0.3 is 15.2 Å². The molecule has 1 fully saturated rings. The number of benzene rings is 2. The first-order valence-corrected chi connectivity index (χ1v) is 11.3. The zero-order chi connectivity index (χ0) is 23.1. The van der Waals surface area contributed by atoms with Gasteiger partial charge in [0.05, 0.1) is 14.2 Å². The SMILES string of the molecule is COc1ccc(C(=O)N(CCCC2CCCC(C)(N)C2)C(=O)c2ccc(OC)cc2)cc1. The lowest BCUT2D eigenvalue weighted by atomic mass is 9.76. The third-order valence-corrected chi connectivity index (χ3v) is 6.27. The second-order valence-electron chi connectivity index (χ2n) is 8.98. The number of imide groups is 1. The van der Waals surface area contributed by atoms with Crippen molar-refractivity contribution < 1.29 is 19.1 Å². The molecule has 2 atom stereocenters. The Morgan fingerprint density at radius 1 is 0.969 bits per heavy atom. The second-order valence-corrected chi connectivity index (χ2v) is 8.98. The van der Waals surface area contributed by atoms with Gasteiger partial charge in [-0.1, -0.05) is 12.8 Å². The lowest BCUT2D eigenvalue weighted by Crippen LogP contribution is -2.41. The molecule has 172 valence electrons. The molecule has 1 saturated carbocycles. The third kappa shape index (κ3) is 6.10. The number of nitrogens with zero attached hydrogens (tertiary/aromatic N) is 1. The number of carbonyl (C=O) groups excluding carboxylic acids is 2. The van der Waals surface area contributed by atoms with Gasteiger partial charge in [-0.2, -0.15) is 0 Å². The molecular formula is C26H34N2O4. The number of carbonyl (C=O) groups is 2. The van der Waals surface area contributed by atoms with Gasteiger partial charge in [0.25, 0.3) is 11.8 Å². The van der Waals surface area contributed by atoms with Crippen molar-refractivity contribution in [2.24, 2.45) is 11.7 Å². The lowest BCUT2D eigenvalue weighted by Gasteiger charge is -2.35. The van der Waals surface area contributed by atoms with Crippen LogP contribution >= 0.6 is 0 Å². The van der Waals surface area contributed by atoms with Crippen LogP contribution in [0.2, 0.25) is 0 Å². The van der Waals surface area contributed by atoms with Crippen LogP contribution in [0.25, 0.3) is 0 Å². The summed E-state index contributed by atoms with van der Waals surface area (Å²) in [6.45, 7) is 2.49. The average Bonchev–Trinajstić information content (AvgIpc) is 2.80. The van der Waals surface area contributed by atoms with Gasteiger partial charge in [0.2, 0.25) is 0 Å². The highest BCUT2D eigenvalue weighted by atomic mass is 16.5. The molecule has 0 aromatic heterocycles. The number of rotatable bonds is 8. The van der Waals surface area contributed by atoms with E-state index in [-0.39, 0.29) is 17.4 Å². The van der Waals surface area contributed by atoms with Crippen LogP contribution in [0.5, 0.6) is 11.5 Å². The van der Waals surface area contributed by atoms with Gasteiger partial charge in [0.1, 0.15) is 11.5 Å².